The van der Waals surface area contributed by atoms with Gasteiger partial charge in [-0.15, -0.1) is 0 Å². The number of carbonyl (C=O) groups excluding carboxylic acids is 2. The summed E-state index contributed by atoms with van der Waals surface area (Å²) in [7, 11) is 0. The van der Waals surface area contributed by atoms with Gasteiger partial charge < -0.3 is 36.7 Å². The third-order valence-electron chi connectivity index (χ3n) is 4.31. The Morgan fingerprint density at radius 2 is 1.86 bits per heavy atom. The van der Waals surface area contributed by atoms with E-state index >= 15 is 0 Å². The lowest BCUT2D eigenvalue weighted by Crippen LogP contribution is -2.57. The number of H-pyrrole nitrogens is 1. The Hall–Kier alpha value is -2.95. The number of aromatic amines is 1. The van der Waals surface area contributed by atoms with Crippen molar-refractivity contribution in [3.05, 3.63) is 36.0 Å². The minimum absolute atomic E-state index is 0.195. The number of carboxylic acid groups (broad SMARTS) is 1. The second-order valence-corrected chi connectivity index (χ2v) is 6.48. The molecule has 10 heteroatoms. The highest BCUT2D eigenvalue weighted by atomic mass is 16.4. The monoisotopic (exact) mass is 392 g/mol. The molecule has 1 heterocycles. The SMILES string of the molecule is CC(O)C(NC(=O)C(CO)NC(=O)C(N)Cc1c[nH]c2ccccc12)C(=O)O. The number of nitrogens with two attached hydrogens (primary N) is 1. The van der Waals surface area contributed by atoms with Gasteiger partial charge in [0.25, 0.3) is 0 Å². The lowest BCUT2D eigenvalue weighted by atomic mass is 10.0. The number of aliphatic carboxylic acids is 1. The van der Waals surface area contributed by atoms with E-state index in [9.17, 15) is 24.6 Å². The summed E-state index contributed by atoms with van der Waals surface area (Å²) in [5, 5.41) is 33.1. The fourth-order valence-electron chi connectivity index (χ4n) is 2.75. The van der Waals surface area contributed by atoms with Crippen LogP contribution in [-0.2, 0) is 20.8 Å². The van der Waals surface area contributed by atoms with Crippen LogP contribution in [0.25, 0.3) is 10.9 Å². The molecule has 4 atom stereocenters. The fraction of sp³-hybridized carbons (Fsp3) is 0.389. The molecule has 2 aromatic rings. The van der Waals surface area contributed by atoms with Gasteiger partial charge in [0.1, 0.15) is 6.04 Å². The van der Waals surface area contributed by atoms with E-state index < -0.39 is 48.6 Å². The predicted octanol–water partition coefficient (Wildman–Crippen LogP) is -1.53. The quantitative estimate of drug-likeness (QED) is 0.270. The molecular weight excluding hydrogens is 368 g/mol. The van der Waals surface area contributed by atoms with Crippen molar-refractivity contribution in [3.63, 3.8) is 0 Å². The van der Waals surface area contributed by atoms with Gasteiger partial charge in [0.05, 0.1) is 18.8 Å². The molecule has 0 aliphatic carbocycles. The molecule has 4 unspecified atom stereocenters. The van der Waals surface area contributed by atoms with Gasteiger partial charge in [-0.2, -0.15) is 0 Å². The van der Waals surface area contributed by atoms with Crippen LogP contribution in [0, 0.1) is 0 Å². The van der Waals surface area contributed by atoms with Crippen LogP contribution >= 0.6 is 0 Å². The lowest BCUT2D eigenvalue weighted by Gasteiger charge is -2.22. The second-order valence-electron chi connectivity index (χ2n) is 6.48. The van der Waals surface area contributed by atoms with E-state index in [1.165, 1.54) is 6.92 Å². The number of para-hydroxylation sites is 1. The largest absolute Gasteiger partial charge is 0.480 e. The van der Waals surface area contributed by atoms with Gasteiger partial charge in [-0.3, -0.25) is 9.59 Å². The summed E-state index contributed by atoms with van der Waals surface area (Å²) in [6.07, 6.45) is 0.579. The molecule has 0 bridgehead atoms. The molecule has 0 aliphatic heterocycles. The molecule has 1 aromatic carbocycles. The van der Waals surface area contributed by atoms with Gasteiger partial charge in [-0.25, -0.2) is 4.79 Å². The average Bonchev–Trinajstić information content (AvgIpc) is 3.06. The number of aromatic nitrogens is 1. The Morgan fingerprint density at radius 3 is 2.46 bits per heavy atom. The first-order valence-electron chi connectivity index (χ1n) is 8.67. The number of amides is 2. The summed E-state index contributed by atoms with van der Waals surface area (Å²) in [5.41, 5.74) is 7.65. The smallest absolute Gasteiger partial charge is 0.328 e. The van der Waals surface area contributed by atoms with Crippen LogP contribution in [0.2, 0.25) is 0 Å². The number of hydrogen-bond donors (Lipinski definition) is 7. The Morgan fingerprint density at radius 1 is 1.18 bits per heavy atom. The van der Waals surface area contributed by atoms with Crippen molar-refractivity contribution >= 4 is 28.7 Å². The van der Waals surface area contributed by atoms with Crippen LogP contribution in [-0.4, -0.2) is 68.9 Å². The summed E-state index contributed by atoms with van der Waals surface area (Å²) in [6, 6.07) is 3.54. The number of fused-ring (bicyclic) bond motifs is 1. The van der Waals surface area contributed by atoms with E-state index in [2.05, 4.69) is 15.6 Å². The summed E-state index contributed by atoms with van der Waals surface area (Å²) in [4.78, 5) is 38.6. The predicted molar refractivity (Wildman–Crippen MR) is 100 cm³/mol. The van der Waals surface area contributed by atoms with Crippen molar-refractivity contribution in [1.29, 1.82) is 0 Å². The minimum Gasteiger partial charge on any atom is -0.480 e. The second kappa shape index (κ2) is 9.31. The Balaban J connectivity index is 2.00. The van der Waals surface area contributed by atoms with Gasteiger partial charge in [0.15, 0.2) is 6.04 Å². The first-order chi connectivity index (χ1) is 13.2. The summed E-state index contributed by atoms with van der Waals surface area (Å²) < 4.78 is 0. The molecule has 10 nitrogen and oxygen atoms in total. The van der Waals surface area contributed by atoms with Crippen LogP contribution < -0.4 is 16.4 Å². The average molecular weight is 392 g/mol. The van der Waals surface area contributed by atoms with E-state index in [0.717, 1.165) is 16.5 Å². The third-order valence-corrected chi connectivity index (χ3v) is 4.31. The van der Waals surface area contributed by atoms with Crippen molar-refractivity contribution in [2.45, 2.75) is 37.6 Å². The van der Waals surface area contributed by atoms with Crippen molar-refractivity contribution in [2.24, 2.45) is 5.73 Å². The van der Waals surface area contributed by atoms with Crippen LogP contribution in [0.4, 0.5) is 0 Å². The maximum Gasteiger partial charge on any atom is 0.328 e. The van der Waals surface area contributed by atoms with E-state index in [0.29, 0.717) is 0 Å². The Kier molecular flexibility index (Phi) is 7.10. The fourth-order valence-corrected chi connectivity index (χ4v) is 2.75. The molecule has 0 radical (unpaired) electrons. The Labute approximate surface area is 160 Å². The molecule has 152 valence electrons. The van der Waals surface area contributed by atoms with Crippen LogP contribution in [0.3, 0.4) is 0 Å². The molecule has 0 fully saturated rings. The normalized spacial score (nSPS) is 15.4. The molecule has 0 spiro atoms. The highest BCUT2D eigenvalue weighted by Crippen LogP contribution is 2.18. The van der Waals surface area contributed by atoms with Crippen molar-refractivity contribution in [3.8, 4) is 0 Å². The van der Waals surface area contributed by atoms with Crippen molar-refractivity contribution < 1.29 is 29.7 Å². The number of carboxylic acids is 1. The number of benzene rings is 1. The summed E-state index contributed by atoms with van der Waals surface area (Å²) >= 11 is 0. The molecule has 2 rings (SSSR count). The zero-order valence-electron chi connectivity index (χ0n) is 15.3. The third kappa shape index (κ3) is 5.06. The van der Waals surface area contributed by atoms with Crippen LogP contribution in [0.15, 0.2) is 30.5 Å². The number of hydrogen-bond acceptors (Lipinski definition) is 6. The number of aliphatic hydroxyl groups is 2. The zero-order valence-corrected chi connectivity index (χ0v) is 15.3. The first kappa shape index (κ1) is 21.4. The maximum atomic E-state index is 12.3. The zero-order chi connectivity index (χ0) is 20.8. The maximum absolute atomic E-state index is 12.3. The van der Waals surface area contributed by atoms with Crippen LogP contribution in [0.5, 0.6) is 0 Å². The molecule has 0 saturated carbocycles. The number of nitrogens with one attached hydrogen (secondary N) is 3. The molecular formula is C18H24N4O6. The van der Waals surface area contributed by atoms with Gasteiger partial charge in [0, 0.05) is 17.1 Å². The molecule has 2 amide bonds. The number of rotatable bonds is 9. The van der Waals surface area contributed by atoms with E-state index in [-0.39, 0.29) is 6.42 Å². The summed E-state index contributed by atoms with van der Waals surface area (Å²) in [5.74, 6) is -3.06. The van der Waals surface area contributed by atoms with Crippen LogP contribution in [0.1, 0.15) is 12.5 Å². The highest BCUT2D eigenvalue weighted by Gasteiger charge is 2.30. The first-order valence-corrected chi connectivity index (χ1v) is 8.67. The molecule has 0 aliphatic rings. The molecule has 0 saturated heterocycles. The number of carbonyl (C=O) groups is 3. The Bertz CT molecular complexity index is 849. The van der Waals surface area contributed by atoms with Gasteiger partial charge >= 0.3 is 5.97 Å². The highest BCUT2D eigenvalue weighted by molar-refractivity contribution is 5.92. The van der Waals surface area contributed by atoms with Gasteiger partial charge in [-0.1, -0.05) is 18.2 Å². The standard InChI is InChI=1S/C18H24N4O6/c1-9(24)15(18(27)28)22-17(26)14(8-23)21-16(25)12(19)6-10-7-20-13-5-3-2-4-11(10)13/h2-5,7,9,12,14-15,20,23-24H,6,8,19H2,1H3,(H,21,25)(H,22,26)(H,27,28). The minimum atomic E-state index is -1.57. The molecule has 28 heavy (non-hydrogen) atoms. The molecule has 8 N–H and O–H groups in total. The van der Waals surface area contributed by atoms with Gasteiger partial charge in [-0.05, 0) is 25.0 Å². The van der Waals surface area contributed by atoms with Crippen molar-refractivity contribution in [2.75, 3.05) is 6.61 Å². The van der Waals surface area contributed by atoms with E-state index in [1.807, 2.05) is 24.3 Å². The van der Waals surface area contributed by atoms with E-state index in [4.69, 9.17) is 10.8 Å². The van der Waals surface area contributed by atoms with Crippen molar-refractivity contribution in [1.82, 2.24) is 15.6 Å². The van der Waals surface area contributed by atoms with E-state index in [1.54, 1.807) is 6.20 Å². The summed E-state index contributed by atoms with van der Waals surface area (Å²) in [6.45, 7) is 0.437. The topological polar surface area (TPSA) is 178 Å². The number of aliphatic hydroxyl groups excluding tert-OH is 2. The molecule has 1 aromatic heterocycles. The lowest BCUT2D eigenvalue weighted by molar-refractivity contribution is -0.145. The van der Waals surface area contributed by atoms with Gasteiger partial charge in [0.2, 0.25) is 11.8 Å².